The highest BCUT2D eigenvalue weighted by molar-refractivity contribution is 6.21. The Kier molecular flexibility index (Phi) is 9.99. The standard InChI is InChI=1S/C78H48N4O2/c1-5-19-53(20-6-1)79(57-33-39-71-67(45-57)65-35-29-49-17-13-15-27-61(49)77(65)81(71)55-23-9-3-10-24-55)59-31-37-63-69-41-51-44-74-70(42-52(51)43-73(69)83-75(63)47-59)64-38-32-60(48-76(64)84-74)80(54-21-7-2-8-22-54)58-34-40-72-68(46-58)66-36-30-50-18-14-16-28-62(50)78(66)82(72)56-25-11-4-12-26-56/h1-48H. The second kappa shape index (κ2) is 18.1. The summed E-state index contributed by atoms with van der Waals surface area (Å²) in [7, 11) is 0. The number of nitrogens with zero attached hydrogens (tertiary/aromatic N) is 4. The van der Waals surface area contributed by atoms with E-state index in [0.717, 1.165) is 111 Å². The van der Waals surface area contributed by atoms with E-state index in [1.54, 1.807) is 0 Å². The molecule has 0 unspecified atom stereocenters. The van der Waals surface area contributed by atoms with Crippen molar-refractivity contribution < 1.29 is 8.83 Å². The summed E-state index contributed by atoms with van der Waals surface area (Å²) in [5.41, 5.74) is 16.6. The lowest BCUT2D eigenvalue weighted by Crippen LogP contribution is -2.09. The Morgan fingerprint density at radius 3 is 1.01 bits per heavy atom. The van der Waals surface area contributed by atoms with Crippen LogP contribution in [0.4, 0.5) is 34.1 Å². The topological polar surface area (TPSA) is 42.6 Å². The number of benzene rings is 14. The Balaban J connectivity index is 0.736. The number of hydrogen-bond donors (Lipinski definition) is 0. The number of para-hydroxylation sites is 4. The van der Waals surface area contributed by atoms with E-state index in [1.807, 2.05) is 0 Å². The van der Waals surface area contributed by atoms with Crippen molar-refractivity contribution in [2.45, 2.75) is 0 Å². The minimum absolute atomic E-state index is 0.825. The summed E-state index contributed by atoms with van der Waals surface area (Å²) < 4.78 is 18.6. The zero-order valence-corrected chi connectivity index (χ0v) is 45.3. The van der Waals surface area contributed by atoms with Gasteiger partial charge in [-0.05, 0) is 155 Å². The molecule has 18 aromatic rings. The molecule has 0 spiro atoms. The van der Waals surface area contributed by atoms with E-state index in [1.165, 1.54) is 54.1 Å². The second-order valence-corrected chi connectivity index (χ2v) is 22.1. The van der Waals surface area contributed by atoms with Gasteiger partial charge in [0.1, 0.15) is 22.3 Å². The highest BCUT2D eigenvalue weighted by Crippen LogP contribution is 2.46. The maximum absolute atomic E-state index is 6.88. The van der Waals surface area contributed by atoms with Crippen molar-refractivity contribution in [1.29, 1.82) is 0 Å². The maximum Gasteiger partial charge on any atom is 0.137 e. The van der Waals surface area contributed by atoms with Gasteiger partial charge >= 0.3 is 0 Å². The van der Waals surface area contributed by atoms with Crippen LogP contribution in [0.15, 0.2) is 300 Å². The normalized spacial score (nSPS) is 12.0. The summed E-state index contributed by atoms with van der Waals surface area (Å²) in [5, 5.41) is 16.1. The van der Waals surface area contributed by atoms with Gasteiger partial charge in [0.05, 0.1) is 22.1 Å². The first kappa shape index (κ1) is 46.4. The van der Waals surface area contributed by atoms with Crippen molar-refractivity contribution in [3.8, 4) is 11.4 Å². The van der Waals surface area contributed by atoms with Gasteiger partial charge in [-0.15, -0.1) is 0 Å². The summed E-state index contributed by atoms with van der Waals surface area (Å²) in [4.78, 5) is 4.68. The molecule has 4 aromatic heterocycles. The quantitative estimate of drug-likeness (QED) is 0.152. The number of hydrogen-bond acceptors (Lipinski definition) is 4. The van der Waals surface area contributed by atoms with E-state index in [-0.39, 0.29) is 0 Å². The van der Waals surface area contributed by atoms with Gasteiger partial charge in [-0.3, -0.25) is 0 Å². The van der Waals surface area contributed by atoms with E-state index in [0.29, 0.717) is 0 Å². The van der Waals surface area contributed by atoms with E-state index in [2.05, 4.69) is 310 Å². The molecule has 0 saturated heterocycles. The third kappa shape index (κ3) is 7.04. The molecule has 0 atom stereocenters. The molecule has 0 amide bonds. The van der Waals surface area contributed by atoms with Gasteiger partial charge in [-0.25, -0.2) is 0 Å². The monoisotopic (exact) mass is 1070 g/mol. The van der Waals surface area contributed by atoms with Gasteiger partial charge in [0.15, 0.2) is 0 Å². The Morgan fingerprint density at radius 2 is 0.571 bits per heavy atom. The first-order valence-corrected chi connectivity index (χ1v) is 28.6. The molecule has 14 aromatic carbocycles. The molecule has 0 saturated carbocycles. The Bertz CT molecular complexity index is 5330. The minimum Gasteiger partial charge on any atom is -0.456 e. The molecule has 4 heterocycles. The SMILES string of the molecule is c1ccc(N(c2ccc3c(c2)oc2cc4cc5c(cc4cc23)oc2cc(N(c3ccccc3)c3ccc4c(c3)c3ccc6ccccc6c3n4-c3ccccc3)ccc25)c2ccc3c(c2)c2ccc4ccccc4c2n3-c2ccccc2)cc1. The third-order valence-corrected chi connectivity index (χ3v) is 17.3. The maximum atomic E-state index is 6.88. The van der Waals surface area contributed by atoms with E-state index in [4.69, 9.17) is 8.83 Å². The smallest absolute Gasteiger partial charge is 0.137 e. The molecule has 392 valence electrons. The number of fused-ring (bicyclic) bond motifs is 17. The van der Waals surface area contributed by atoms with Gasteiger partial charge in [-0.2, -0.15) is 0 Å². The molecule has 0 radical (unpaired) electrons. The third-order valence-electron chi connectivity index (χ3n) is 17.3. The van der Waals surface area contributed by atoms with E-state index < -0.39 is 0 Å². The largest absolute Gasteiger partial charge is 0.456 e. The average molecular weight is 1070 g/mol. The number of rotatable bonds is 8. The number of furan rings is 2. The number of aromatic nitrogens is 2. The molecule has 0 fully saturated rings. The Labute approximate surface area is 481 Å². The lowest BCUT2D eigenvalue weighted by Gasteiger charge is -2.25. The van der Waals surface area contributed by atoms with Crippen LogP contribution < -0.4 is 9.80 Å². The molecular formula is C78H48N4O2. The predicted octanol–water partition coefficient (Wildman–Crippen LogP) is 22.1. The van der Waals surface area contributed by atoms with Gasteiger partial charge < -0.3 is 27.8 Å². The molecular weight excluding hydrogens is 1020 g/mol. The highest BCUT2D eigenvalue weighted by Gasteiger charge is 2.23. The summed E-state index contributed by atoms with van der Waals surface area (Å²) >= 11 is 0. The summed E-state index contributed by atoms with van der Waals surface area (Å²) in [5.74, 6) is 0. The molecule has 18 rings (SSSR count). The second-order valence-electron chi connectivity index (χ2n) is 22.1. The van der Waals surface area contributed by atoms with E-state index in [9.17, 15) is 0 Å². The summed E-state index contributed by atoms with van der Waals surface area (Å²) in [6.45, 7) is 0. The first-order chi connectivity index (χ1) is 41.6. The average Bonchev–Trinajstić information content (AvgIpc) is 2.19. The van der Waals surface area contributed by atoms with Crippen LogP contribution in [0.5, 0.6) is 0 Å². The number of anilines is 6. The van der Waals surface area contributed by atoms with Crippen molar-refractivity contribution in [3.63, 3.8) is 0 Å². The van der Waals surface area contributed by atoms with Gasteiger partial charge in [0.25, 0.3) is 0 Å². The lowest BCUT2D eigenvalue weighted by atomic mass is 10.0. The zero-order chi connectivity index (χ0) is 55.0. The summed E-state index contributed by atoms with van der Waals surface area (Å²) in [6, 6.07) is 105. The predicted molar refractivity (Wildman–Crippen MR) is 352 cm³/mol. The van der Waals surface area contributed by atoms with Crippen molar-refractivity contribution in [3.05, 3.63) is 291 Å². The molecule has 0 N–H and O–H groups in total. The van der Waals surface area contributed by atoms with Crippen molar-refractivity contribution in [2.75, 3.05) is 9.80 Å². The van der Waals surface area contributed by atoms with Crippen molar-refractivity contribution in [2.24, 2.45) is 0 Å². The fourth-order valence-corrected chi connectivity index (χ4v) is 13.6. The zero-order valence-electron chi connectivity index (χ0n) is 45.3. The van der Waals surface area contributed by atoms with Crippen LogP contribution in [0.25, 0.3) is 131 Å². The van der Waals surface area contributed by atoms with Gasteiger partial charge in [0, 0.05) is 111 Å². The fraction of sp³-hybridized carbons (Fsp3) is 0. The van der Waals surface area contributed by atoms with Crippen LogP contribution in [0.3, 0.4) is 0 Å². The van der Waals surface area contributed by atoms with Crippen LogP contribution in [0.2, 0.25) is 0 Å². The van der Waals surface area contributed by atoms with Crippen LogP contribution in [0, 0.1) is 0 Å². The molecule has 0 aliphatic carbocycles. The molecule has 6 heteroatoms. The van der Waals surface area contributed by atoms with Gasteiger partial charge in [0.2, 0.25) is 0 Å². The van der Waals surface area contributed by atoms with E-state index >= 15 is 0 Å². The van der Waals surface area contributed by atoms with Crippen LogP contribution >= 0.6 is 0 Å². The Hall–Kier alpha value is -11.3. The molecule has 6 nitrogen and oxygen atoms in total. The highest BCUT2D eigenvalue weighted by atomic mass is 16.3. The molecule has 0 bridgehead atoms. The van der Waals surface area contributed by atoms with Gasteiger partial charge in [-0.1, -0.05) is 146 Å². The van der Waals surface area contributed by atoms with Crippen LogP contribution in [-0.4, -0.2) is 9.13 Å². The van der Waals surface area contributed by atoms with Crippen LogP contribution in [-0.2, 0) is 0 Å². The molecule has 0 aliphatic heterocycles. The Morgan fingerprint density at radius 1 is 0.214 bits per heavy atom. The minimum atomic E-state index is 0.825. The molecule has 84 heavy (non-hydrogen) atoms. The fourth-order valence-electron chi connectivity index (χ4n) is 13.6. The first-order valence-electron chi connectivity index (χ1n) is 28.6. The van der Waals surface area contributed by atoms with Crippen LogP contribution in [0.1, 0.15) is 0 Å². The lowest BCUT2D eigenvalue weighted by molar-refractivity contribution is 0.668. The summed E-state index contributed by atoms with van der Waals surface area (Å²) in [6.07, 6.45) is 0. The van der Waals surface area contributed by atoms with Crippen molar-refractivity contribution in [1.82, 2.24) is 9.13 Å². The molecule has 0 aliphatic rings. The van der Waals surface area contributed by atoms with Crippen molar-refractivity contribution >= 4 is 154 Å².